The maximum atomic E-state index is 12.0. The van der Waals surface area contributed by atoms with Crippen LogP contribution >= 0.6 is 0 Å². The van der Waals surface area contributed by atoms with E-state index in [1.54, 1.807) is 6.07 Å². The minimum absolute atomic E-state index is 0.0390. The predicted molar refractivity (Wildman–Crippen MR) is 86.0 cm³/mol. The van der Waals surface area contributed by atoms with Crippen molar-refractivity contribution in [2.75, 3.05) is 6.61 Å². The number of rotatable bonds is 3. The lowest BCUT2D eigenvalue weighted by Gasteiger charge is -2.31. The maximum absolute atomic E-state index is 12.0. The van der Waals surface area contributed by atoms with E-state index in [9.17, 15) is 4.79 Å². The summed E-state index contributed by atoms with van der Waals surface area (Å²) in [5.41, 5.74) is 3.82. The molecule has 2 aromatic rings. The van der Waals surface area contributed by atoms with E-state index in [-0.39, 0.29) is 12.1 Å². The van der Waals surface area contributed by atoms with Crippen LogP contribution in [-0.4, -0.2) is 12.6 Å². The van der Waals surface area contributed by atoms with Gasteiger partial charge in [0.1, 0.15) is 11.9 Å². The number of ether oxygens (including phenoxy) is 2. The van der Waals surface area contributed by atoms with Gasteiger partial charge in [0.2, 0.25) is 0 Å². The lowest BCUT2D eigenvalue weighted by molar-refractivity contribution is 0.0526. The zero-order valence-electron chi connectivity index (χ0n) is 13.1. The molecular formula is C19H20O3. The van der Waals surface area contributed by atoms with E-state index < -0.39 is 0 Å². The molecule has 0 spiro atoms. The summed E-state index contributed by atoms with van der Waals surface area (Å²) in [4.78, 5) is 12.0. The Morgan fingerprint density at radius 3 is 2.68 bits per heavy atom. The average Bonchev–Trinajstić information content (AvgIpc) is 2.53. The molecule has 3 nitrogen and oxygen atoms in total. The molecule has 0 fully saturated rings. The molecule has 0 radical (unpaired) electrons. The topological polar surface area (TPSA) is 35.5 Å². The molecule has 0 amide bonds. The van der Waals surface area contributed by atoms with Crippen molar-refractivity contribution in [2.24, 2.45) is 5.92 Å². The van der Waals surface area contributed by atoms with Gasteiger partial charge in [0.25, 0.3) is 0 Å². The van der Waals surface area contributed by atoms with Gasteiger partial charge in [-0.25, -0.2) is 4.79 Å². The van der Waals surface area contributed by atoms with Crippen LogP contribution in [0.15, 0.2) is 42.5 Å². The quantitative estimate of drug-likeness (QED) is 0.775. The molecule has 0 aromatic heterocycles. The second-order valence-corrected chi connectivity index (χ2v) is 5.80. The molecule has 1 aliphatic heterocycles. The van der Waals surface area contributed by atoms with Crippen LogP contribution in [0.1, 0.15) is 42.8 Å². The Kier molecular flexibility index (Phi) is 3.88. The lowest BCUT2D eigenvalue weighted by atomic mass is 9.87. The molecule has 1 atom stereocenters. The van der Waals surface area contributed by atoms with E-state index in [0.29, 0.717) is 18.1 Å². The zero-order valence-corrected chi connectivity index (χ0v) is 13.1. The van der Waals surface area contributed by atoms with Gasteiger partial charge in [-0.3, -0.25) is 0 Å². The highest BCUT2D eigenvalue weighted by Gasteiger charge is 2.28. The summed E-state index contributed by atoms with van der Waals surface area (Å²) >= 11 is 0. The predicted octanol–water partition coefficient (Wildman–Crippen LogP) is 4.62. The van der Waals surface area contributed by atoms with Gasteiger partial charge in [-0.05, 0) is 36.6 Å². The van der Waals surface area contributed by atoms with Crippen molar-refractivity contribution in [2.45, 2.75) is 26.9 Å². The summed E-state index contributed by atoms with van der Waals surface area (Å²) in [5, 5.41) is 0. The van der Waals surface area contributed by atoms with Crippen LogP contribution in [0.25, 0.3) is 11.1 Å². The third kappa shape index (κ3) is 2.47. The molecule has 0 saturated heterocycles. The van der Waals surface area contributed by atoms with Crippen molar-refractivity contribution in [1.29, 1.82) is 0 Å². The number of carbonyl (C=O) groups excluding carboxylic acids is 1. The second kappa shape index (κ2) is 5.84. The van der Waals surface area contributed by atoms with Crippen molar-refractivity contribution in [3.63, 3.8) is 0 Å². The molecule has 1 unspecified atom stereocenters. The average molecular weight is 296 g/mol. The van der Waals surface area contributed by atoms with Crippen LogP contribution in [0, 0.1) is 5.92 Å². The summed E-state index contributed by atoms with van der Waals surface area (Å²) in [5.74, 6) is 0.901. The first kappa shape index (κ1) is 14.6. The van der Waals surface area contributed by atoms with Gasteiger partial charge in [-0.2, -0.15) is 0 Å². The molecule has 22 heavy (non-hydrogen) atoms. The molecule has 3 rings (SSSR count). The van der Waals surface area contributed by atoms with E-state index in [0.717, 1.165) is 16.9 Å². The summed E-state index contributed by atoms with van der Waals surface area (Å²) in [6.07, 6.45) is 0.0390. The van der Waals surface area contributed by atoms with Crippen molar-refractivity contribution >= 4 is 5.97 Å². The Morgan fingerprint density at radius 2 is 1.95 bits per heavy atom. The molecule has 3 heteroatoms. The molecule has 0 saturated carbocycles. The fourth-order valence-electron chi connectivity index (χ4n) is 2.87. The normalized spacial score (nSPS) is 15.7. The number of hydrogen-bond donors (Lipinski definition) is 0. The third-order valence-electron chi connectivity index (χ3n) is 3.91. The first-order valence-corrected chi connectivity index (χ1v) is 7.69. The number of esters is 1. The van der Waals surface area contributed by atoms with E-state index in [1.165, 1.54) is 5.56 Å². The third-order valence-corrected chi connectivity index (χ3v) is 3.91. The van der Waals surface area contributed by atoms with Crippen LogP contribution in [0.4, 0.5) is 0 Å². The van der Waals surface area contributed by atoms with Gasteiger partial charge in [-0.1, -0.05) is 38.1 Å². The molecule has 114 valence electrons. The van der Waals surface area contributed by atoms with Gasteiger partial charge in [0.15, 0.2) is 0 Å². The Balaban J connectivity index is 2.10. The van der Waals surface area contributed by atoms with E-state index >= 15 is 0 Å². The molecule has 1 aliphatic rings. The van der Waals surface area contributed by atoms with E-state index in [2.05, 4.69) is 26.0 Å². The van der Waals surface area contributed by atoms with Crippen LogP contribution < -0.4 is 4.74 Å². The summed E-state index contributed by atoms with van der Waals surface area (Å²) in [6.45, 7) is 6.49. The standard InChI is InChI=1S/C19H20O3/c1-4-21-19(20)13-9-10-17-16(11-13)14-7-5-6-8-15(14)18(22-17)12(2)3/h5-12,18H,4H2,1-3H3. The highest BCUT2D eigenvalue weighted by molar-refractivity contribution is 5.92. The van der Waals surface area contributed by atoms with Crippen LogP contribution in [0.5, 0.6) is 5.75 Å². The minimum atomic E-state index is -0.297. The molecule has 0 aliphatic carbocycles. The molecule has 1 heterocycles. The number of hydrogen-bond acceptors (Lipinski definition) is 3. The first-order valence-electron chi connectivity index (χ1n) is 7.69. The number of benzene rings is 2. The fraction of sp³-hybridized carbons (Fsp3) is 0.316. The van der Waals surface area contributed by atoms with Gasteiger partial charge >= 0.3 is 5.97 Å². The summed E-state index contributed by atoms with van der Waals surface area (Å²) in [6, 6.07) is 13.7. The smallest absolute Gasteiger partial charge is 0.338 e. The highest BCUT2D eigenvalue weighted by Crippen LogP contribution is 2.44. The van der Waals surface area contributed by atoms with E-state index in [1.807, 2.05) is 31.2 Å². The molecule has 0 bridgehead atoms. The minimum Gasteiger partial charge on any atom is -0.485 e. The molecule has 2 aromatic carbocycles. The Labute approximate surface area is 130 Å². The Bertz CT molecular complexity index is 704. The van der Waals surface area contributed by atoms with Crippen LogP contribution in [0.2, 0.25) is 0 Å². The van der Waals surface area contributed by atoms with Crippen molar-refractivity contribution in [1.82, 2.24) is 0 Å². The number of fused-ring (bicyclic) bond motifs is 3. The van der Waals surface area contributed by atoms with Crippen molar-refractivity contribution in [3.05, 3.63) is 53.6 Å². The van der Waals surface area contributed by atoms with Crippen molar-refractivity contribution in [3.8, 4) is 16.9 Å². The highest BCUT2D eigenvalue weighted by atomic mass is 16.5. The maximum Gasteiger partial charge on any atom is 0.338 e. The number of carbonyl (C=O) groups is 1. The first-order chi connectivity index (χ1) is 10.6. The van der Waals surface area contributed by atoms with E-state index in [4.69, 9.17) is 9.47 Å². The SMILES string of the molecule is CCOC(=O)c1ccc2c(c1)-c1ccccc1C(C(C)C)O2. The molecule has 0 N–H and O–H groups in total. The van der Waals surface area contributed by atoms with Crippen molar-refractivity contribution < 1.29 is 14.3 Å². The van der Waals surface area contributed by atoms with Gasteiger partial charge in [0, 0.05) is 11.1 Å². The zero-order chi connectivity index (χ0) is 15.7. The molecular weight excluding hydrogens is 276 g/mol. The largest absolute Gasteiger partial charge is 0.485 e. The Hall–Kier alpha value is -2.29. The Morgan fingerprint density at radius 1 is 1.18 bits per heavy atom. The second-order valence-electron chi connectivity index (χ2n) is 5.80. The lowest BCUT2D eigenvalue weighted by Crippen LogP contribution is -2.19. The van der Waals surface area contributed by atoms with Gasteiger partial charge < -0.3 is 9.47 Å². The fourth-order valence-corrected chi connectivity index (χ4v) is 2.87. The monoisotopic (exact) mass is 296 g/mol. The van der Waals surface area contributed by atoms with Gasteiger partial charge in [-0.15, -0.1) is 0 Å². The van der Waals surface area contributed by atoms with Gasteiger partial charge in [0.05, 0.1) is 12.2 Å². The summed E-state index contributed by atoms with van der Waals surface area (Å²) < 4.78 is 11.2. The summed E-state index contributed by atoms with van der Waals surface area (Å²) in [7, 11) is 0. The van der Waals surface area contributed by atoms with Crippen LogP contribution in [0.3, 0.4) is 0 Å². The van der Waals surface area contributed by atoms with Crippen LogP contribution in [-0.2, 0) is 4.74 Å².